The lowest BCUT2D eigenvalue weighted by Crippen LogP contribution is -2.38. The third-order valence-electron chi connectivity index (χ3n) is 3.10. The van der Waals surface area contributed by atoms with E-state index in [0.29, 0.717) is 26.3 Å². The maximum atomic E-state index is 9.82. The quantitative estimate of drug-likeness (QED) is 0.392. The Morgan fingerprint density at radius 3 is 2.00 bits per heavy atom. The van der Waals surface area contributed by atoms with Crippen molar-refractivity contribution >= 4 is 0 Å². The van der Waals surface area contributed by atoms with Gasteiger partial charge >= 0.3 is 0 Å². The predicted molar refractivity (Wildman–Crippen MR) is 89.2 cm³/mol. The van der Waals surface area contributed by atoms with Crippen molar-refractivity contribution in [2.75, 3.05) is 39.9 Å². The summed E-state index contributed by atoms with van der Waals surface area (Å²) in [6.07, 6.45) is -0.208. The summed E-state index contributed by atoms with van der Waals surface area (Å²) in [5.74, 6) is 0. The molecule has 0 aromatic rings. The molecule has 6 nitrogen and oxygen atoms in total. The van der Waals surface area contributed by atoms with E-state index in [1.807, 2.05) is 34.6 Å². The van der Waals surface area contributed by atoms with Crippen LogP contribution in [0.4, 0.5) is 0 Å². The Hall–Kier alpha value is -0.240. The minimum absolute atomic E-state index is 0.231. The highest BCUT2D eigenvalue weighted by Gasteiger charge is 2.20. The van der Waals surface area contributed by atoms with Crippen LogP contribution in [0.3, 0.4) is 0 Å². The first-order chi connectivity index (χ1) is 10.1. The van der Waals surface area contributed by atoms with Crippen LogP contribution in [0.15, 0.2) is 0 Å². The van der Waals surface area contributed by atoms with Gasteiger partial charge in [0.05, 0.1) is 36.6 Å². The summed E-state index contributed by atoms with van der Waals surface area (Å²) in [7, 11) is 1.80. The van der Waals surface area contributed by atoms with Gasteiger partial charge in [0, 0.05) is 13.1 Å². The standard InChI is InChI=1S/C16H36N2O4/c1-15(2,3)21-11-14(20)10-18-8-7-16(4,5)22-12-13(19)9-17-6/h13-14,17-20H,7-12H2,1-6H3/t13-,14+/m0/s1. The number of nitrogens with one attached hydrogen (secondary N) is 2. The number of rotatable bonds is 12. The Kier molecular flexibility index (Phi) is 10.4. The third-order valence-corrected chi connectivity index (χ3v) is 3.10. The number of hydrogen-bond donors (Lipinski definition) is 4. The maximum Gasteiger partial charge on any atom is 0.0897 e. The van der Waals surface area contributed by atoms with Gasteiger partial charge in [0.1, 0.15) is 0 Å². The van der Waals surface area contributed by atoms with E-state index in [1.54, 1.807) is 7.05 Å². The van der Waals surface area contributed by atoms with E-state index in [9.17, 15) is 10.2 Å². The molecule has 0 aromatic carbocycles. The van der Waals surface area contributed by atoms with Crippen LogP contribution in [0.25, 0.3) is 0 Å². The zero-order chi connectivity index (χ0) is 17.2. The molecule has 0 fully saturated rings. The highest BCUT2D eigenvalue weighted by molar-refractivity contribution is 4.72. The molecular formula is C16H36N2O4. The lowest BCUT2D eigenvalue weighted by Gasteiger charge is -2.27. The van der Waals surface area contributed by atoms with Crippen molar-refractivity contribution in [1.82, 2.24) is 10.6 Å². The van der Waals surface area contributed by atoms with Crippen molar-refractivity contribution in [2.45, 2.75) is 64.4 Å². The van der Waals surface area contributed by atoms with E-state index in [4.69, 9.17) is 9.47 Å². The van der Waals surface area contributed by atoms with Crippen molar-refractivity contribution in [3.05, 3.63) is 0 Å². The Balaban J connectivity index is 3.75. The second-order valence-corrected chi connectivity index (χ2v) is 7.31. The largest absolute Gasteiger partial charge is 0.389 e. The Morgan fingerprint density at radius 2 is 1.45 bits per heavy atom. The molecular weight excluding hydrogens is 284 g/mol. The normalized spacial score (nSPS) is 15.8. The molecule has 0 bridgehead atoms. The molecule has 0 heterocycles. The molecule has 6 heteroatoms. The van der Waals surface area contributed by atoms with Gasteiger partial charge < -0.3 is 30.3 Å². The SMILES string of the molecule is CNC[C@H](O)COC(C)(C)CCNC[C@@H](O)COC(C)(C)C. The number of likely N-dealkylation sites (N-methyl/N-ethyl adjacent to an activating group) is 1. The summed E-state index contributed by atoms with van der Waals surface area (Å²) in [4.78, 5) is 0. The smallest absolute Gasteiger partial charge is 0.0897 e. The second-order valence-electron chi connectivity index (χ2n) is 7.31. The molecule has 0 amide bonds. The first-order valence-corrected chi connectivity index (χ1v) is 8.05. The molecule has 0 saturated carbocycles. The fourth-order valence-corrected chi connectivity index (χ4v) is 1.75. The summed E-state index contributed by atoms with van der Waals surface area (Å²) < 4.78 is 11.3. The van der Waals surface area contributed by atoms with E-state index in [0.717, 1.165) is 13.0 Å². The molecule has 0 aliphatic heterocycles. The van der Waals surface area contributed by atoms with Gasteiger partial charge in [-0.15, -0.1) is 0 Å². The fourth-order valence-electron chi connectivity index (χ4n) is 1.75. The first kappa shape index (κ1) is 21.8. The lowest BCUT2D eigenvalue weighted by molar-refractivity contribution is -0.0631. The van der Waals surface area contributed by atoms with E-state index >= 15 is 0 Å². The molecule has 22 heavy (non-hydrogen) atoms. The summed E-state index contributed by atoms with van der Waals surface area (Å²) in [5, 5.41) is 25.6. The van der Waals surface area contributed by atoms with Gasteiger partial charge in [-0.05, 0) is 54.6 Å². The predicted octanol–water partition coefficient (Wildman–Crippen LogP) is 0.518. The molecule has 0 unspecified atom stereocenters. The van der Waals surface area contributed by atoms with Gasteiger partial charge in [-0.2, -0.15) is 0 Å². The molecule has 0 rings (SSSR count). The van der Waals surface area contributed by atoms with Crippen LogP contribution in [0.2, 0.25) is 0 Å². The molecule has 0 aliphatic rings. The number of hydrogen-bond acceptors (Lipinski definition) is 6. The van der Waals surface area contributed by atoms with Crippen molar-refractivity contribution in [3.63, 3.8) is 0 Å². The van der Waals surface area contributed by atoms with Gasteiger partial charge in [-0.25, -0.2) is 0 Å². The van der Waals surface area contributed by atoms with Crippen molar-refractivity contribution in [1.29, 1.82) is 0 Å². The number of aliphatic hydroxyl groups excluding tert-OH is 2. The minimum atomic E-state index is -0.513. The zero-order valence-corrected chi connectivity index (χ0v) is 15.1. The fraction of sp³-hybridized carbons (Fsp3) is 1.00. The summed E-state index contributed by atoms with van der Waals surface area (Å²) in [5.41, 5.74) is -0.542. The van der Waals surface area contributed by atoms with Crippen LogP contribution in [0.1, 0.15) is 41.0 Å². The molecule has 4 N–H and O–H groups in total. The number of aliphatic hydroxyl groups is 2. The highest BCUT2D eigenvalue weighted by Crippen LogP contribution is 2.14. The topological polar surface area (TPSA) is 83.0 Å². The maximum absolute atomic E-state index is 9.82. The minimum Gasteiger partial charge on any atom is -0.389 e. The Labute approximate surface area is 135 Å². The van der Waals surface area contributed by atoms with Gasteiger partial charge in [-0.1, -0.05) is 0 Å². The van der Waals surface area contributed by atoms with Crippen LogP contribution in [0.5, 0.6) is 0 Å². The molecule has 2 atom stereocenters. The van der Waals surface area contributed by atoms with E-state index in [1.165, 1.54) is 0 Å². The van der Waals surface area contributed by atoms with Gasteiger partial charge in [0.25, 0.3) is 0 Å². The van der Waals surface area contributed by atoms with Crippen molar-refractivity contribution in [2.24, 2.45) is 0 Å². The number of ether oxygens (including phenoxy) is 2. The zero-order valence-electron chi connectivity index (χ0n) is 15.1. The Morgan fingerprint density at radius 1 is 0.909 bits per heavy atom. The second kappa shape index (κ2) is 10.5. The van der Waals surface area contributed by atoms with Crippen LogP contribution in [-0.4, -0.2) is 73.5 Å². The van der Waals surface area contributed by atoms with Crippen molar-refractivity contribution < 1.29 is 19.7 Å². The average Bonchev–Trinajstić information content (AvgIpc) is 2.39. The van der Waals surface area contributed by atoms with Crippen LogP contribution >= 0.6 is 0 Å². The lowest BCUT2D eigenvalue weighted by atomic mass is 10.1. The monoisotopic (exact) mass is 320 g/mol. The van der Waals surface area contributed by atoms with Gasteiger partial charge in [0.15, 0.2) is 0 Å². The molecule has 134 valence electrons. The molecule has 0 radical (unpaired) electrons. The molecule has 0 aliphatic carbocycles. The van der Waals surface area contributed by atoms with E-state index in [2.05, 4.69) is 10.6 Å². The van der Waals surface area contributed by atoms with E-state index < -0.39 is 12.2 Å². The molecule has 0 spiro atoms. The molecule has 0 saturated heterocycles. The van der Waals surface area contributed by atoms with Crippen LogP contribution < -0.4 is 10.6 Å². The summed E-state index contributed by atoms with van der Waals surface area (Å²) in [6, 6.07) is 0. The van der Waals surface area contributed by atoms with Gasteiger partial charge in [-0.3, -0.25) is 0 Å². The Bertz CT molecular complexity index is 280. The van der Waals surface area contributed by atoms with Crippen LogP contribution in [0, 0.1) is 0 Å². The highest BCUT2D eigenvalue weighted by atomic mass is 16.5. The van der Waals surface area contributed by atoms with Crippen LogP contribution in [-0.2, 0) is 9.47 Å². The van der Waals surface area contributed by atoms with Crippen molar-refractivity contribution in [3.8, 4) is 0 Å². The van der Waals surface area contributed by atoms with E-state index in [-0.39, 0.29) is 11.2 Å². The third kappa shape index (κ3) is 13.4. The summed E-state index contributed by atoms with van der Waals surface area (Å²) in [6.45, 7) is 12.3. The van der Waals surface area contributed by atoms with Gasteiger partial charge in [0.2, 0.25) is 0 Å². The first-order valence-electron chi connectivity index (χ1n) is 8.05. The molecule has 0 aromatic heterocycles. The average molecular weight is 320 g/mol. The summed E-state index contributed by atoms with van der Waals surface area (Å²) >= 11 is 0.